The average molecular weight is 417 g/mol. The van der Waals surface area contributed by atoms with Gasteiger partial charge in [0.1, 0.15) is 30.5 Å². The Morgan fingerprint density at radius 1 is 0.968 bits per heavy atom. The van der Waals surface area contributed by atoms with E-state index in [0.717, 1.165) is 11.3 Å². The predicted molar refractivity (Wildman–Crippen MR) is 116 cm³/mol. The number of nitrogens with zero attached hydrogens (tertiary/aromatic N) is 1. The van der Waals surface area contributed by atoms with Crippen LogP contribution in [0.3, 0.4) is 0 Å². The Kier molecular flexibility index (Phi) is 6.08. The highest BCUT2D eigenvalue weighted by Crippen LogP contribution is 2.22. The van der Waals surface area contributed by atoms with Crippen LogP contribution in [-0.4, -0.2) is 25.1 Å². The maximum Gasteiger partial charge on any atom is 0.363 e. The van der Waals surface area contributed by atoms with Crippen LogP contribution >= 0.6 is 0 Å². The van der Waals surface area contributed by atoms with Crippen LogP contribution in [0, 0.1) is 12.7 Å². The third-order valence-electron chi connectivity index (χ3n) is 4.59. The molecule has 0 saturated heterocycles. The summed E-state index contributed by atoms with van der Waals surface area (Å²) in [5, 5.41) is 0. The number of para-hydroxylation sites is 1. The van der Waals surface area contributed by atoms with Gasteiger partial charge in [-0.2, -0.15) is 0 Å². The second-order valence-electron chi connectivity index (χ2n) is 6.85. The van der Waals surface area contributed by atoms with E-state index in [0.29, 0.717) is 24.5 Å². The van der Waals surface area contributed by atoms with E-state index in [1.165, 1.54) is 12.1 Å². The summed E-state index contributed by atoms with van der Waals surface area (Å²) in [4.78, 5) is 16.3. The maximum absolute atomic E-state index is 13.9. The highest BCUT2D eigenvalue weighted by Gasteiger charge is 2.25. The van der Waals surface area contributed by atoms with Crippen LogP contribution in [0.4, 0.5) is 4.39 Å². The smallest absolute Gasteiger partial charge is 0.363 e. The minimum atomic E-state index is -0.629. The number of hydrogen-bond donors (Lipinski definition) is 0. The van der Waals surface area contributed by atoms with Crippen molar-refractivity contribution in [3.63, 3.8) is 0 Å². The summed E-state index contributed by atoms with van der Waals surface area (Å²) in [5.41, 5.74) is 2.01. The first-order valence-corrected chi connectivity index (χ1v) is 9.79. The molecule has 0 radical (unpaired) electrons. The predicted octanol–water partition coefficient (Wildman–Crippen LogP) is 4.94. The number of ether oxygens (including phenoxy) is 3. The lowest BCUT2D eigenvalue weighted by atomic mass is 10.2. The molecule has 0 bridgehead atoms. The molecule has 1 aliphatic heterocycles. The van der Waals surface area contributed by atoms with Gasteiger partial charge in [0.25, 0.3) is 0 Å². The quantitative estimate of drug-likeness (QED) is 0.311. The number of aliphatic imine (C=N–C) groups is 1. The molecular formula is C25H20FNO4. The first-order chi connectivity index (χ1) is 15.1. The van der Waals surface area contributed by atoms with Gasteiger partial charge in [-0.25, -0.2) is 14.2 Å². The number of halogens is 1. The number of benzene rings is 3. The monoisotopic (exact) mass is 417 g/mol. The molecule has 0 unspecified atom stereocenters. The summed E-state index contributed by atoms with van der Waals surface area (Å²) >= 11 is 0. The minimum absolute atomic E-state index is 0.0462. The van der Waals surface area contributed by atoms with E-state index in [1.807, 2.05) is 49.4 Å². The molecule has 0 amide bonds. The zero-order chi connectivity index (χ0) is 21.6. The number of carbonyl (C=O) groups excluding carboxylic acids is 1. The summed E-state index contributed by atoms with van der Waals surface area (Å²) in [6.45, 7) is 2.76. The maximum atomic E-state index is 13.9. The fraction of sp³-hybridized carbons (Fsp3) is 0.120. The molecular weight excluding hydrogens is 397 g/mol. The molecule has 5 nitrogen and oxygen atoms in total. The zero-order valence-corrected chi connectivity index (χ0v) is 16.9. The van der Waals surface area contributed by atoms with Crippen LogP contribution in [-0.2, 0) is 9.53 Å². The second kappa shape index (κ2) is 9.26. The summed E-state index contributed by atoms with van der Waals surface area (Å²) < 4.78 is 30.5. The van der Waals surface area contributed by atoms with Crippen LogP contribution in [0.2, 0.25) is 0 Å². The Balaban J connectivity index is 1.41. The highest BCUT2D eigenvalue weighted by molar-refractivity contribution is 6.12. The summed E-state index contributed by atoms with van der Waals surface area (Å²) in [7, 11) is 0. The normalized spacial score (nSPS) is 14.3. The number of aryl methyl sites for hydroxylation is 1. The number of hydrogen-bond acceptors (Lipinski definition) is 5. The van der Waals surface area contributed by atoms with Gasteiger partial charge in [-0.3, -0.25) is 0 Å². The van der Waals surface area contributed by atoms with E-state index >= 15 is 0 Å². The highest BCUT2D eigenvalue weighted by atomic mass is 19.1. The lowest BCUT2D eigenvalue weighted by Crippen LogP contribution is -2.09. The van der Waals surface area contributed by atoms with Crippen molar-refractivity contribution in [3.8, 4) is 11.5 Å². The van der Waals surface area contributed by atoms with Crippen molar-refractivity contribution < 1.29 is 23.4 Å². The molecule has 31 heavy (non-hydrogen) atoms. The van der Waals surface area contributed by atoms with Gasteiger partial charge in [0.05, 0.1) is 5.56 Å². The molecule has 0 fully saturated rings. The molecule has 3 aromatic rings. The fourth-order valence-electron chi connectivity index (χ4n) is 3.04. The molecule has 0 saturated carbocycles. The summed E-state index contributed by atoms with van der Waals surface area (Å²) in [5.74, 6) is 0.283. The molecule has 1 aliphatic rings. The topological polar surface area (TPSA) is 57.1 Å². The van der Waals surface area contributed by atoms with Gasteiger partial charge in [0.2, 0.25) is 5.90 Å². The Morgan fingerprint density at radius 2 is 1.74 bits per heavy atom. The third-order valence-corrected chi connectivity index (χ3v) is 4.59. The van der Waals surface area contributed by atoms with Crippen molar-refractivity contribution in [2.45, 2.75) is 6.92 Å². The van der Waals surface area contributed by atoms with Crippen LogP contribution in [0.25, 0.3) is 6.08 Å². The van der Waals surface area contributed by atoms with Crippen molar-refractivity contribution in [1.29, 1.82) is 0 Å². The van der Waals surface area contributed by atoms with Crippen LogP contribution in [0.5, 0.6) is 11.5 Å². The number of esters is 1. The van der Waals surface area contributed by atoms with E-state index in [9.17, 15) is 9.18 Å². The molecule has 4 rings (SSSR count). The second-order valence-corrected chi connectivity index (χ2v) is 6.85. The number of cyclic esters (lactones) is 1. The first-order valence-electron chi connectivity index (χ1n) is 9.79. The van der Waals surface area contributed by atoms with Crippen LogP contribution in [0.1, 0.15) is 16.7 Å². The van der Waals surface area contributed by atoms with Gasteiger partial charge in [-0.05, 0) is 54.5 Å². The Bertz CT molecular complexity index is 1170. The Morgan fingerprint density at radius 3 is 2.58 bits per heavy atom. The first kappa shape index (κ1) is 20.3. The largest absolute Gasteiger partial charge is 0.490 e. The van der Waals surface area contributed by atoms with Gasteiger partial charge >= 0.3 is 5.97 Å². The average Bonchev–Trinajstić information content (AvgIpc) is 3.13. The third kappa shape index (κ3) is 4.98. The molecule has 156 valence electrons. The molecule has 0 aromatic heterocycles. The Labute approximate surface area is 179 Å². The molecule has 3 aromatic carbocycles. The van der Waals surface area contributed by atoms with Gasteiger partial charge in [-0.15, -0.1) is 0 Å². The molecule has 0 spiro atoms. The van der Waals surface area contributed by atoms with E-state index in [2.05, 4.69) is 4.99 Å². The zero-order valence-electron chi connectivity index (χ0n) is 16.9. The van der Waals surface area contributed by atoms with E-state index in [-0.39, 0.29) is 17.2 Å². The Hall–Kier alpha value is -3.93. The van der Waals surface area contributed by atoms with Gasteiger partial charge in [0, 0.05) is 0 Å². The standard InChI is InChI=1S/C25H20FNO4/c1-17-7-2-5-12-23(17)30-14-13-29-19-9-6-8-18(15-19)16-22-25(28)31-24(27-22)20-10-3-4-11-21(20)26/h2-12,15-16H,13-14H2,1H3. The van der Waals surface area contributed by atoms with Crippen molar-refractivity contribution in [2.24, 2.45) is 4.99 Å². The molecule has 0 atom stereocenters. The molecule has 6 heteroatoms. The van der Waals surface area contributed by atoms with E-state index in [4.69, 9.17) is 14.2 Å². The SMILES string of the molecule is Cc1ccccc1OCCOc1cccc(C=C2N=C(c3ccccc3F)OC2=O)c1. The molecule has 0 aliphatic carbocycles. The van der Waals surface area contributed by atoms with Gasteiger partial charge in [-0.1, -0.05) is 42.5 Å². The molecule has 0 N–H and O–H groups in total. The summed E-state index contributed by atoms with van der Waals surface area (Å²) in [6.07, 6.45) is 1.58. The van der Waals surface area contributed by atoms with Crippen molar-refractivity contribution in [1.82, 2.24) is 0 Å². The number of carbonyl (C=O) groups is 1. The van der Waals surface area contributed by atoms with E-state index < -0.39 is 11.8 Å². The fourth-order valence-corrected chi connectivity index (χ4v) is 3.04. The minimum Gasteiger partial charge on any atom is -0.490 e. The summed E-state index contributed by atoms with van der Waals surface area (Å²) in [6, 6.07) is 21.0. The van der Waals surface area contributed by atoms with Crippen LogP contribution < -0.4 is 9.47 Å². The lowest BCUT2D eigenvalue weighted by molar-refractivity contribution is -0.129. The van der Waals surface area contributed by atoms with Gasteiger partial charge in [0.15, 0.2) is 5.70 Å². The van der Waals surface area contributed by atoms with Crippen molar-refractivity contribution >= 4 is 17.9 Å². The van der Waals surface area contributed by atoms with Crippen LogP contribution in [0.15, 0.2) is 83.5 Å². The van der Waals surface area contributed by atoms with E-state index in [1.54, 1.807) is 24.3 Å². The van der Waals surface area contributed by atoms with Crippen molar-refractivity contribution in [3.05, 3.63) is 101 Å². The van der Waals surface area contributed by atoms with Gasteiger partial charge < -0.3 is 14.2 Å². The van der Waals surface area contributed by atoms with Crippen molar-refractivity contribution in [2.75, 3.05) is 13.2 Å². The lowest BCUT2D eigenvalue weighted by Gasteiger charge is -2.10. The molecule has 1 heterocycles. The number of rotatable bonds is 7.